The maximum absolute atomic E-state index is 6.90. The zero-order valence-electron chi connectivity index (χ0n) is 16.8. The summed E-state index contributed by atoms with van der Waals surface area (Å²) in [6, 6.07) is 2.68. The minimum absolute atomic E-state index is 0.603. The van der Waals surface area contributed by atoms with E-state index in [1.54, 1.807) is 0 Å². The zero-order chi connectivity index (χ0) is 17.7. The highest BCUT2D eigenvalue weighted by Crippen LogP contribution is 2.43. The number of fused-ring (bicyclic) bond motifs is 3. The minimum atomic E-state index is -1.53. The molecule has 5 atom stereocenters. The monoisotopic (exact) mass is 382 g/mol. The molecule has 3 aliphatic heterocycles. The van der Waals surface area contributed by atoms with E-state index >= 15 is 0 Å². The standard InChI is InChI=1S/C20H38O3Si2/c1-24(2,9-7-15-5-6-19-20(13-15)22-19)23-25(3,4)10-8-16-11-17-14-18(12-16)21-17/h15-20H,5-14H2,1-4H3. The van der Waals surface area contributed by atoms with Crippen LogP contribution < -0.4 is 0 Å². The van der Waals surface area contributed by atoms with Crippen LogP contribution in [0.3, 0.4) is 0 Å². The molecule has 5 fully saturated rings. The second-order valence-electron chi connectivity index (χ2n) is 10.5. The Bertz CT molecular complexity index is 444. The fourth-order valence-corrected chi connectivity index (χ4v) is 14.6. The first-order valence-electron chi connectivity index (χ1n) is 10.8. The molecule has 3 nitrogen and oxygen atoms in total. The molecule has 0 aromatic carbocycles. The van der Waals surface area contributed by atoms with E-state index in [1.165, 1.54) is 63.5 Å². The summed E-state index contributed by atoms with van der Waals surface area (Å²) in [6.07, 6.45) is 13.2. The van der Waals surface area contributed by atoms with Crippen molar-refractivity contribution in [2.75, 3.05) is 0 Å². The Balaban J connectivity index is 1.18. The van der Waals surface area contributed by atoms with Crippen molar-refractivity contribution < 1.29 is 13.6 Å². The fraction of sp³-hybridized carbons (Fsp3) is 1.00. The highest BCUT2D eigenvalue weighted by molar-refractivity contribution is 6.84. The first-order valence-corrected chi connectivity index (χ1v) is 17.0. The molecule has 3 heterocycles. The molecule has 5 unspecified atom stereocenters. The Hall–Kier alpha value is 0.314. The van der Waals surface area contributed by atoms with Gasteiger partial charge in [-0.3, -0.25) is 0 Å². The van der Waals surface area contributed by atoms with E-state index in [-0.39, 0.29) is 0 Å². The number of rotatable bonds is 8. The number of hydrogen-bond acceptors (Lipinski definition) is 3. The topological polar surface area (TPSA) is 31.0 Å². The van der Waals surface area contributed by atoms with Gasteiger partial charge in [-0.2, -0.15) is 0 Å². The molecule has 2 aliphatic carbocycles. The minimum Gasteiger partial charge on any atom is -0.455 e. The SMILES string of the molecule is C[Si](C)(CCC1CC2CC(C1)O2)O[Si](C)(C)CCC1CCC2OC2C1. The highest BCUT2D eigenvalue weighted by atomic mass is 28.4. The molecular weight excluding hydrogens is 344 g/mol. The maximum atomic E-state index is 6.90. The maximum Gasteiger partial charge on any atom is 0.173 e. The van der Waals surface area contributed by atoms with Crippen molar-refractivity contribution in [3.63, 3.8) is 0 Å². The Morgan fingerprint density at radius 1 is 0.720 bits per heavy atom. The first-order chi connectivity index (χ1) is 11.8. The van der Waals surface area contributed by atoms with Gasteiger partial charge in [0, 0.05) is 0 Å². The summed E-state index contributed by atoms with van der Waals surface area (Å²) >= 11 is 0. The highest BCUT2D eigenvalue weighted by Gasteiger charge is 2.44. The van der Waals surface area contributed by atoms with Crippen LogP contribution in [0.25, 0.3) is 0 Å². The molecule has 0 amide bonds. The van der Waals surface area contributed by atoms with Crippen molar-refractivity contribution in [2.45, 2.75) is 114 Å². The molecule has 0 radical (unpaired) electrons. The van der Waals surface area contributed by atoms with E-state index in [4.69, 9.17) is 13.6 Å². The van der Waals surface area contributed by atoms with E-state index < -0.39 is 16.6 Å². The van der Waals surface area contributed by atoms with E-state index in [9.17, 15) is 0 Å². The van der Waals surface area contributed by atoms with Crippen LogP contribution in [0.5, 0.6) is 0 Å². The van der Waals surface area contributed by atoms with Gasteiger partial charge in [0.05, 0.1) is 24.4 Å². The summed E-state index contributed by atoms with van der Waals surface area (Å²) in [6.45, 7) is 9.85. The molecule has 5 heteroatoms. The molecule has 2 bridgehead atoms. The third-order valence-electron chi connectivity index (χ3n) is 7.08. The van der Waals surface area contributed by atoms with Crippen LogP contribution in [0.4, 0.5) is 0 Å². The van der Waals surface area contributed by atoms with Crippen molar-refractivity contribution >= 4 is 16.6 Å². The molecule has 0 N–H and O–H groups in total. The predicted molar refractivity (Wildman–Crippen MR) is 107 cm³/mol. The van der Waals surface area contributed by atoms with Crippen LogP contribution >= 0.6 is 0 Å². The average Bonchev–Trinajstić information content (AvgIpc) is 3.28. The third kappa shape index (κ3) is 4.98. The number of ether oxygens (including phenoxy) is 2. The van der Waals surface area contributed by atoms with Gasteiger partial charge < -0.3 is 13.6 Å². The van der Waals surface area contributed by atoms with Gasteiger partial charge >= 0.3 is 0 Å². The summed E-state index contributed by atoms with van der Waals surface area (Å²) in [5.74, 6) is 1.81. The normalized spacial score (nSPS) is 40.3. The van der Waals surface area contributed by atoms with Crippen molar-refractivity contribution in [3.05, 3.63) is 0 Å². The molecule has 5 aliphatic rings. The summed E-state index contributed by atoms with van der Waals surface area (Å²) in [4.78, 5) is 0. The van der Waals surface area contributed by atoms with Crippen molar-refractivity contribution in [3.8, 4) is 0 Å². The van der Waals surface area contributed by atoms with E-state index in [2.05, 4.69) is 26.2 Å². The first kappa shape index (κ1) is 18.7. The Morgan fingerprint density at radius 3 is 1.92 bits per heavy atom. The van der Waals surface area contributed by atoms with Crippen LogP contribution in [-0.4, -0.2) is 41.1 Å². The molecule has 0 aromatic heterocycles. The van der Waals surface area contributed by atoms with Crippen LogP contribution in [0, 0.1) is 11.8 Å². The molecule has 3 saturated heterocycles. The van der Waals surface area contributed by atoms with E-state index in [0.717, 1.165) is 11.8 Å². The Labute approximate surface area is 156 Å². The van der Waals surface area contributed by atoms with Gasteiger partial charge in [0.15, 0.2) is 16.6 Å². The summed E-state index contributed by atoms with van der Waals surface area (Å²) in [5, 5.41) is 0. The van der Waals surface area contributed by atoms with Gasteiger partial charge in [-0.25, -0.2) is 0 Å². The smallest absolute Gasteiger partial charge is 0.173 e. The number of hydrogen-bond donors (Lipinski definition) is 0. The van der Waals surface area contributed by atoms with Gasteiger partial charge in [-0.05, 0) is 88.6 Å². The predicted octanol–water partition coefficient (Wildman–Crippen LogP) is 5.33. The van der Waals surface area contributed by atoms with Crippen LogP contribution in [-0.2, 0) is 13.6 Å². The van der Waals surface area contributed by atoms with E-state index in [0.29, 0.717) is 24.4 Å². The molecule has 2 saturated carbocycles. The van der Waals surface area contributed by atoms with Crippen molar-refractivity contribution in [1.82, 2.24) is 0 Å². The molecule has 25 heavy (non-hydrogen) atoms. The lowest BCUT2D eigenvalue weighted by molar-refractivity contribution is -0.173. The largest absolute Gasteiger partial charge is 0.455 e. The Morgan fingerprint density at radius 2 is 1.32 bits per heavy atom. The van der Waals surface area contributed by atoms with Gasteiger partial charge in [0.2, 0.25) is 0 Å². The zero-order valence-corrected chi connectivity index (χ0v) is 18.8. The lowest BCUT2D eigenvalue weighted by atomic mass is 9.79. The summed E-state index contributed by atoms with van der Waals surface area (Å²) in [5.41, 5.74) is 0. The lowest BCUT2D eigenvalue weighted by Crippen LogP contribution is -2.47. The Kier molecular flexibility index (Phi) is 5.26. The second-order valence-corrected chi connectivity index (χ2v) is 19.4. The second kappa shape index (κ2) is 7.04. The van der Waals surface area contributed by atoms with Gasteiger partial charge in [0.1, 0.15) is 0 Å². The van der Waals surface area contributed by atoms with Gasteiger partial charge in [-0.1, -0.05) is 12.8 Å². The van der Waals surface area contributed by atoms with Crippen LogP contribution in [0.2, 0.25) is 38.3 Å². The van der Waals surface area contributed by atoms with E-state index in [1.807, 2.05) is 0 Å². The fourth-order valence-electron chi connectivity index (χ4n) is 5.64. The summed E-state index contributed by atoms with van der Waals surface area (Å²) in [7, 11) is -3.05. The lowest BCUT2D eigenvalue weighted by Gasteiger charge is -2.46. The van der Waals surface area contributed by atoms with Crippen LogP contribution in [0.1, 0.15) is 51.4 Å². The van der Waals surface area contributed by atoms with Crippen molar-refractivity contribution in [2.24, 2.45) is 11.8 Å². The molecule has 0 spiro atoms. The third-order valence-corrected chi connectivity index (χ3v) is 14.5. The summed E-state index contributed by atoms with van der Waals surface area (Å²) < 4.78 is 18.4. The molecular formula is C20H38O3Si2. The van der Waals surface area contributed by atoms with Crippen molar-refractivity contribution in [1.29, 1.82) is 0 Å². The van der Waals surface area contributed by atoms with Gasteiger partial charge in [0.25, 0.3) is 0 Å². The molecule has 144 valence electrons. The molecule has 0 aromatic rings. The average molecular weight is 383 g/mol. The molecule has 5 rings (SSSR count). The number of epoxide rings is 1. The quantitative estimate of drug-likeness (QED) is 0.420. The van der Waals surface area contributed by atoms with Gasteiger partial charge in [-0.15, -0.1) is 0 Å². The van der Waals surface area contributed by atoms with Crippen LogP contribution in [0.15, 0.2) is 0 Å².